The number of rotatable bonds is 7. The van der Waals surface area contributed by atoms with Crippen molar-refractivity contribution >= 4 is 22.7 Å². The first-order chi connectivity index (χ1) is 15.5. The molecule has 3 aromatic rings. The maximum atomic E-state index is 12.7. The van der Waals surface area contributed by atoms with Crippen LogP contribution in [-0.2, 0) is 11.4 Å². The number of hydrogen-bond acceptors (Lipinski definition) is 5. The molecule has 32 heavy (non-hydrogen) atoms. The summed E-state index contributed by atoms with van der Waals surface area (Å²) in [6.45, 7) is 2.38. The highest BCUT2D eigenvalue weighted by Gasteiger charge is 2.30. The minimum Gasteiger partial charge on any atom is -0.489 e. The Labute approximate surface area is 186 Å². The molecule has 7 heteroatoms. The van der Waals surface area contributed by atoms with Gasteiger partial charge in [-0.15, -0.1) is 0 Å². The van der Waals surface area contributed by atoms with Gasteiger partial charge in [0.1, 0.15) is 12.4 Å². The van der Waals surface area contributed by atoms with E-state index in [2.05, 4.69) is 10.3 Å². The minimum absolute atomic E-state index is 0.0346. The minimum atomic E-state index is -0.421. The van der Waals surface area contributed by atoms with E-state index in [4.69, 9.17) is 9.94 Å². The van der Waals surface area contributed by atoms with E-state index < -0.39 is 5.91 Å². The van der Waals surface area contributed by atoms with Crippen LogP contribution in [0.15, 0.2) is 54.6 Å². The molecule has 3 N–H and O–H groups in total. The molecular weight excluding hydrogens is 406 g/mol. The highest BCUT2D eigenvalue weighted by atomic mass is 16.5. The normalized spacial score (nSPS) is 17.8. The predicted octanol–water partition coefficient (Wildman–Crippen LogP) is 3.92. The van der Waals surface area contributed by atoms with Crippen LogP contribution in [-0.4, -0.2) is 28.0 Å². The number of nitrogens with one attached hydrogen (secondary N) is 2. The third-order valence-electron chi connectivity index (χ3n) is 5.99. The van der Waals surface area contributed by atoms with Gasteiger partial charge in [-0.1, -0.05) is 24.6 Å². The van der Waals surface area contributed by atoms with E-state index in [0.717, 1.165) is 41.4 Å². The predicted molar refractivity (Wildman–Crippen MR) is 120 cm³/mol. The first-order valence-electron chi connectivity index (χ1n) is 10.9. The van der Waals surface area contributed by atoms with Crippen molar-refractivity contribution in [3.63, 3.8) is 0 Å². The maximum absolute atomic E-state index is 12.7. The third-order valence-corrected chi connectivity index (χ3v) is 5.99. The quantitative estimate of drug-likeness (QED) is 0.387. The number of pyridine rings is 1. The number of hydroxylamine groups is 1. The van der Waals surface area contributed by atoms with Crippen LogP contribution in [0.3, 0.4) is 0 Å². The Bertz CT molecular complexity index is 1110. The number of ether oxygens (including phenoxy) is 1. The molecular formula is C25H27N3O4. The SMILES string of the molecule is Cc1cc(COc2ccc(C(=O)N[C@H]3CCC[C@H]3CC(=O)NO)cc2)c2ccccc2n1. The number of aromatic nitrogens is 1. The van der Waals surface area contributed by atoms with Gasteiger partial charge in [0.25, 0.3) is 5.91 Å². The van der Waals surface area contributed by atoms with Gasteiger partial charge in [-0.25, -0.2) is 5.48 Å². The molecule has 0 spiro atoms. The summed E-state index contributed by atoms with van der Waals surface area (Å²) in [7, 11) is 0. The van der Waals surface area contributed by atoms with Crippen LogP contribution < -0.4 is 15.5 Å². The van der Waals surface area contributed by atoms with E-state index in [9.17, 15) is 9.59 Å². The van der Waals surface area contributed by atoms with Crippen molar-refractivity contribution in [2.24, 2.45) is 5.92 Å². The van der Waals surface area contributed by atoms with E-state index >= 15 is 0 Å². The van der Waals surface area contributed by atoms with Gasteiger partial charge in [-0.3, -0.25) is 19.8 Å². The number of amides is 2. The average molecular weight is 434 g/mol. The monoisotopic (exact) mass is 433 g/mol. The van der Waals surface area contributed by atoms with E-state index in [-0.39, 0.29) is 24.3 Å². The summed E-state index contributed by atoms with van der Waals surface area (Å²) in [4.78, 5) is 28.7. The summed E-state index contributed by atoms with van der Waals surface area (Å²) in [6, 6.07) is 17.0. The largest absolute Gasteiger partial charge is 0.489 e. The summed E-state index contributed by atoms with van der Waals surface area (Å²) >= 11 is 0. The lowest BCUT2D eigenvalue weighted by Crippen LogP contribution is -2.39. The Morgan fingerprint density at radius 3 is 2.69 bits per heavy atom. The highest BCUT2D eigenvalue weighted by Crippen LogP contribution is 2.29. The molecule has 2 aromatic carbocycles. The molecule has 0 unspecified atom stereocenters. The number of carbonyl (C=O) groups is 2. The van der Waals surface area contributed by atoms with Gasteiger partial charge in [-0.2, -0.15) is 0 Å². The van der Waals surface area contributed by atoms with E-state index in [0.29, 0.717) is 17.9 Å². The van der Waals surface area contributed by atoms with E-state index in [1.54, 1.807) is 29.7 Å². The van der Waals surface area contributed by atoms with Crippen molar-refractivity contribution in [1.82, 2.24) is 15.8 Å². The maximum Gasteiger partial charge on any atom is 0.251 e. The number of hydrogen-bond donors (Lipinski definition) is 3. The van der Waals surface area contributed by atoms with Crippen LogP contribution in [0.1, 0.15) is 47.3 Å². The van der Waals surface area contributed by atoms with Gasteiger partial charge in [-0.05, 0) is 62.1 Å². The van der Waals surface area contributed by atoms with Gasteiger partial charge >= 0.3 is 0 Å². The molecule has 1 aliphatic carbocycles. The lowest BCUT2D eigenvalue weighted by molar-refractivity contribution is -0.130. The van der Waals surface area contributed by atoms with Crippen molar-refractivity contribution in [1.29, 1.82) is 0 Å². The van der Waals surface area contributed by atoms with Crippen LogP contribution in [0.25, 0.3) is 10.9 Å². The summed E-state index contributed by atoms with van der Waals surface area (Å²) in [5, 5.41) is 12.8. The van der Waals surface area contributed by atoms with Gasteiger partial charge in [0.05, 0.1) is 5.52 Å². The highest BCUT2D eigenvalue weighted by molar-refractivity contribution is 5.94. The molecule has 0 bridgehead atoms. The molecule has 0 radical (unpaired) electrons. The lowest BCUT2D eigenvalue weighted by Gasteiger charge is -2.20. The zero-order chi connectivity index (χ0) is 22.5. The number of fused-ring (bicyclic) bond motifs is 1. The Balaban J connectivity index is 1.37. The van der Waals surface area contributed by atoms with E-state index in [1.165, 1.54) is 0 Å². The first-order valence-corrected chi connectivity index (χ1v) is 10.9. The molecule has 2 amide bonds. The average Bonchev–Trinajstić information content (AvgIpc) is 3.23. The van der Waals surface area contributed by atoms with Gasteiger partial charge in [0, 0.05) is 34.7 Å². The van der Waals surface area contributed by atoms with Crippen molar-refractivity contribution in [2.75, 3.05) is 0 Å². The zero-order valence-electron chi connectivity index (χ0n) is 18.0. The molecule has 0 saturated heterocycles. The molecule has 1 fully saturated rings. The molecule has 1 aromatic heterocycles. The first kappa shape index (κ1) is 21.8. The number of benzene rings is 2. The van der Waals surface area contributed by atoms with Crippen LogP contribution in [0.2, 0.25) is 0 Å². The Morgan fingerprint density at radius 1 is 1.12 bits per heavy atom. The second-order valence-electron chi connectivity index (χ2n) is 8.26. The molecule has 7 nitrogen and oxygen atoms in total. The molecule has 1 saturated carbocycles. The van der Waals surface area contributed by atoms with Crippen molar-refractivity contribution < 1.29 is 19.5 Å². The summed E-state index contributed by atoms with van der Waals surface area (Å²) < 4.78 is 5.97. The lowest BCUT2D eigenvalue weighted by atomic mass is 9.99. The fourth-order valence-corrected chi connectivity index (χ4v) is 4.38. The summed E-state index contributed by atoms with van der Waals surface area (Å²) in [5.41, 5.74) is 5.16. The number of para-hydroxylation sites is 1. The summed E-state index contributed by atoms with van der Waals surface area (Å²) in [6.07, 6.45) is 2.84. The number of nitrogens with zero attached hydrogens (tertiary/aromatic N) is 1. The molecule has 4 rings (SSSR count). The molecule has 1 aliphatic rings. The van der Waals surface area contributed by atoms with E-state index in [1.807, 2.05) is 37.3 Å². The second kappa shape index (κ2) is 9.78. The Morgan fingerprint density at radius 2 is 1.91 bits per heavy atom. The van der Waals surface area contributed by atoms with Crippen LogP contribution in [0.4, 0.5) is 0 Å². The smallest absolute Gasteiger partial charge is 0.251 e. The summed E-state index contributed by atoms with van der Waals surface area (Å²) in [5.74, 6) is 0.120. The molecule has 1 heterocycles. The third kappa shape index (κ3) is 5.06. The second-order valence-corrected chi connectivity index (χ2v) is 8.26. The Hall–Kier alpha value is -3.45. The van der Waals surface area contributed by atoms with Gasteiger partial charge in [0.15, 0.2) is 0 Å². The van der Waals surface area contributed by atoms with Gasteiger partial charge < -0.3 is 10.1 Å². The number of carbonyl (C=O) groups excluding carboxylic acids is 2. The van der Waals surface area contributed by atoms with Crippen molar-refractivity contribution in [2.45, 2.75) is 45.3 Å². The standard InChI is InChI=1S/C25H27N3O4/c1-16-13-19(21-6-2-3-7-23(21)26-16)15-32-20-11-9-17(10-12-20)25(30)27-22-8-4-5-18(22)14-24(29)28-31/h2-3,6-7,9-13,18,22,31H,4-5,8,14-15H2,1H3,(H,27,30)(H,28,29)/t18-,22-/m0/s1. The number of aryl methyl sites for hydroxylation is 1. The van der Waals surface area contributed by atoms with Crippen LogP contribution >= 0.6 is 0 Å². The van der Waals surface area contributed by atoms with Crippen LogP contribution in [0, 0.1) is 12.8 Å². The van der Waals surface area contributed by atoms with Gasteiger partial charge in [0.2, 0.25) is 5.91 Å². The van der Waals surface area contributed by atoms with Crippen molar-refractivity contribution in [3.8, 4) is 5.75 Å². The zero-order valence-corrected chi connectivity index (χ0v) is 18.0. The fraction of sp³-hybridized carbons (Fsp3) is 0.320. The van der Waals surface area contributed by atoms with Crippen molar-refractivity contribution in [3.05, 3.63) is 71.4 Å². The molecule has 0 aliphatic heterocycles. The fourth-order valence-electron chi connectivity index (χ4n) is 4.38. The topological polar surface area (TPSA) is 101 Å². The van der Waals surface area contributed by atoms with Crippen LogP contribution in [0.5, 0.6) is 5.75 Å². The molecule has 166 valence electrons. The Kier molecular flexibility index (Phi) is 6.66. The molecule has 2 atom stereocenters.